The molecule has 1 N–H and O–H groups in total. The van der Waals surface area contributed by atoms with Crippen LogP contribution in [0.1, 0.15) is 40.2 Å². The highest BCUT2D eigenvalue weighted by Crippen LogP contribution is 2.20. The minimum atomic E-state index is 0.529. The molecule has 2 heteroatoms. The average Bonchev–Trinajstić information content (AvgIpc) is 2.31. The maximum absolute atomic E-state index is 3.70. The highest BCUT2D eigenvalue weighted by atomic mass is 79.9. The van der Waals surface area contributed by atoms with Gasteiger partial charge < -0.3 is 5.32 Å². The molecule has 0 amide bonds. The van der Waals surface area contributed by atoms with E-state index in [9.17, 15) is 0 Å². The molecule has 1 atom stereocenters. The van der Waals surface area contributed by atoms with E-state index in [0.717, 1.165) is 35.2 Å². The fourth-order valence-corrected chi connectivity index (χ4v) is 2.89. The zero-order valence-electron chi connectivity index (χ0n) is 12.9. The predicted octanol–water partition coefficient (Wildman–Crippen LogP) is 4.90. The second-order valence-electron chi connectivity index (χ2n) is 6.29. The van der Waals surface area contributed by atoms with Crippen LogP contribution in [0.5, 0.6) is 0 Å². The second kappa shape index (κ2) is 8.06. The molecule has 0 aliphatic carbocycles. The van der Waals surface area contributed by atoms with Crippen LogP contribution in [0, 0.1) is 17.8 Å². The Kier molecular flexibility index (Phi) is 7.09. The summed E-state index contributed by atoms with van der Waals surface area (Å²) in [7, 11) is 0. The van der Waals surface area contributed by atoms with Gasteiger partial charge >= 0.3 is 0 Å². The average molecular weight is 326 g/mol. The van der Waals surface area contributed by atoms with Crippen LogP contribution in [-0.2, 0) is 6.42 Å². The third-order valence-electron chi connectivity index (χ3n) is 3.87. The van der Waals surface area contributed by atoms with E-state index in [4.69, 9.17) is 0 Å². The highest BCUT2D eigenvalue weighted by molar-refractivity contribution is 9.10. The Morgan fingerprint density at radius 1 is 0.947 bits per heavy atom. The molecule has 0 fully saturated rings. The maximum Gasteiger partial charge on any atom is 0.0175 e. The normalized spacial score (nSPS) is 13.5. The van der Waals surface area contributed by atoms with E-state index in [2.05, 4.69) is 80.1 Å². The summed E-state index contributed by atoms with van der Waals surface area (Å²) in [5.41, 5.74) is 1.40. The summed E-state index contributed by atoms with van der Waals surface area (Å²) in [4.78, 5) is 0. The van der Waals surface area contributed by atoms with Crippen molar-refractivity contribution in [3.05, 3.63) is 34.3 Å². The fraction of sp³-hybridized carbons (Fsp3) is 0.647. The fourth-order valence-electron chi connectivity index (χ4n) is 2.62. The largest absolute Gasteiger partial charge is 0.314 e. The number of rotatable bonds is 7. The Morgan fingerprint density at radius 2 is 1.47 bits per heavy atom. The van der Waals surface area contributed by atoms with Crippen molar-refractivity contribution in [2.75, 3.05) is 6.54 Å². The molecule has 0 heterocycles. The topological polar surface area (TPSA) is 12.0 Å². The predicted molar refractivity (Wildman–Crippen MR) is 88.5 cm³/mol. The molecule has 0 radical (unpaired) electrons. The van der Waals surface area contributed by atoms with Gasteiger partial charge in [-0.15, -0.1) is 0 Å². The molecular formula is C17H28BrN. The van der Waals surface area contributed by atoms with Crippen LogP contribution >= 0.6 is 15.9 Å². The minimum absolute atomic E-state index is 0.529. The van der Waals surface area contributed by atoms with Crippen molar-refractivity contribution in [1.82, 2.24) is 5.32 Å². The lowest BCUT2D eigenvalue weighted by Gasteiger charge is -2.27. The molecule has 0 aliphatic heterocycles. The molecule has 108 valence electrons. The zero-order chi connectivity index (χ0) is 14.4. The summed E-state index contributed by atoms with van der Waals surface area (Å²) in [6, 6.07) is 9.16. The third-order valence-corrected chi connectivity index (χ3v) is 4.40. The number of halogens is 1. The summed E-state index contributed by atoms with van der Waals surface area (Å²) in [5.74, 6) is 2.24. The molecule has 0 aliphatic rings. The van der Waals surface area contributed by atoms with Crippen molar-refractivity contribution in [1.29, 1.82) is 0 Å². The minimum Gasteiger partial charge on any atom is -0.314 e. The molecule has 1 aromatic carbocycles. The van der Waals surface area contributed by atoms with Crippen molar-refractivity contribution in [3.63, 3.8) is 0 Å². The first-order valence-corrected chi connectivity index (χ1v) is 8.17. The third kappa shape index (κ3) is 6.09. The second-order valence-corrected chi connectivity index (χ2v) is 7.21. The van der Waals surface area contributed by atoms with Crippen LogP contribution in [0.15, 0.2) is 28.7 Å². The lowest BCUT2D eigenvalue weighted by molar-refractivity contribution is 0.267. The summed E-state index contributed by atoms with van der Waals surface area (Å²) in [6.07, 6.45) is 1.09. The Bertz CT molecular complexity index is 348. The van der Waals surface area contributed by atoms with Crippen LogP contribution in [-0.4, -0.2) is 12.6 Å². The van der Waals surface area contributed by atoms with Crippen molar-refractivity contribution < 1.29 is 0 Å². The molecule has 1 nitrogen and oxygen atoms in total. The Hall–Kier alpha value is -0.340. The van der Waals surface area contributed by atoms with E-state index in [0.29, 0.717) is 6.04 Å². The molecule has 1 aromatic rings. The van der Waals surface area contributed by atoms with Crippen LogP contribution in [0.25, 0.3) is 0 Å². The van der Waals surface area contributed by atoms with E-state index in [1.165, 1.54) is 5.56 Å². The number of benzene rings is 1. The van der Waals surface area contributed by atoms with E-state index >= 15 is 0 Å². The van der Waals surface area contributed by atoms with Gasteiger partial charge in [0.15, 0.2) is 0 Å². The molecule has 19 heavy (non-hydrogen) atoms. The Morgan fingerprint density at radius 3 is 1.95 bits per heavy atom. The first kappa shape index (κ1) is 16.7. The zero-order valence-corrected chi connectivity index (χ0v) is 14.5. The first-order valence-electron chi connectivity index (χ1n) is 7.38. The smallest absolute Gasteiger partial charge is 0.0175 e. The highest BCUT2D eigenvalue weighted by Gasteiger charge is 2.17. The first-order chi connectivity index (χ1) is 8.90. The number of hydrogen-bond acceptors (Lipinski definition) is 1. The van der Waals surface area contributed by atoms with Gasteiger partial charge in [-0.05, 0) is 55.3 Å². The number of nitrogens with one attached hydrogen (secondary N) is 1. The molecule has 0 aromatic heterocycles. The van der Waals surface area contributed by atoms with Gasteiger partial charge in [-0.3, -0.25) is 0 Å². The van der Waals surface area contributed by atoms with Gasteiger partial charge in [0, 0.05) is 10.5 Å². The maximum atomic E-state index is 3.70. The SMILES string of the molecule is CC(Cc1ccc(Br)cc1)NCC(C(C)C)C(C)C. The molecule has 0 saturated carbocycles. The van der Waals surface area contributed by atoms with E-state index in [1.54, 1.807) is 0 Å². The molecular weight excluding hydrogens is 298 g/mol. The molecule has 0 saturated heterocycles. The Balaban J connectivity index is 2.42. The standard InChI is InChI=1S/C17H28BrN/c1-12(2)17(13(3)4)11-19-14(5)10-15-6-8-16(18)9-7-15/h6-9,12-14,17,19H,10-11H2,1-5H3. The lowest BCUT2D eigenvalue weighted by Crippen LogP contribution is -2.36. The summed E-state index contributed by atoms with van der Waals surface area (Å²) < 4.78 is 1.15. The van der Waals surface area contributed by atoms with Gasteiger partial charge in [0.05, 0.1) is 0 Å². The van der Waals surface area contributed by atoms with Gasteiger partial charge in [-0.2, -0.15) is 0 Å². The van der Waals surface area contributed by atoms with Crippen LogP contribution in [0.2, 0.25) is 0 Å². The number of hydrogen-bond donors (Lipinski definition) is 1. The lowest BCUT2D eigenvalue weighted by atomic mass is 9.85. The quantitative estimate of drug-likeness (QED) is 0.751. The monoisotopic (exact) mass is 325 g/mol. The van der Waals surface area contributed by atoms with E-state index in [-0.39, 0.29) is 0 Å². The summed E-state index contributed by atoms with van der Waals surface area (Å²) in [6.45, 7) is 12.7. The Labute approximate surface area is 127 Å². The van der Waals surface area contributed by atoms with Crippen LogP contribution in [0.4, 0.5) is 0 Å². The van der Waals surface area contributed by atoms with E-state index < -0.39 is 0 Å². The van der Waals surface area contributed by atoms with Gasteiger partial charge in [0.2, 0.25) is 0 Å². The van der Waals surface area contributed by atoms with Gasteiger partial charge in [-0.1, -0.05) is 55.8 Å². The summed E-state index contributed by atoms with van der Waals surface area (Å²) in [5, 5.41) is 3.70. The van der Waals surface area contributed by atoms with Crippen LogP contribution in [0.3, 0.4) is 0 Å². The van der Waals surface area contributed by atoms with Crippen LogP contribution < -0.4 is 5.32 Å². The van der Waals surface area contributed by atoms with Gasteiger partial charge in [-0.25, -0.2) is 0 Å². The van der Waals surface area contributed by atoms with Gasteiger partial charge in [0.1, 0.15) is 0 Å². The van der Waals surface area contributed by atoms with Crippen molar-refractivity contribution in [2.45, 2.75) is 47.1 Å². The molecule has 1 rings (SSSR count). The van der Waals surface area contributed by atoms with Gasteiger partial charge in [0.25, 0.3) is 0 Å². The summed E-state index contributed by atoms with van der Waals surface area (Å²) >= 11 is 3.48. The van der Waals surface area contributed by atoms with Crippen molar-refractivity contribution in [3.8, 4) is 0 Å². The molecule has 0 spiro atoms. The van der Waals surface area contributed by atoms with Crippen molar-refractivity contribution >= 4 is 15.9 Å². The van der Waals surface area contributed by atoms with E-state index in [1.807, 2.05) is 0 Å². The molecule has 1 unspecified atom stereocenters. The molecule has 0 bridgehead atoms. The van der Waals surface area contributed by atoms with Crippen molar-refractivity contribution in [2.24, 2.45) is 17.8 Å².